The van der Waals surface area contributed by atoms with Crippen molar-refractivity contribution in [1.82, 2.24) is 15.0 Å². The van der Waals surface area contributed by atoms with Gasteiger partial charge in [0, 0.05) is 6.07 Å². The van der Waals surface area contributed by atoms with Crippen molar-refractivity contribution in [3.8, 4) is 11.4 Å². The number of carbonyl (C=O) groups is 1. The average molecular weight is 306 g/mol. The molecule has 0 bridgehead atoms. The first-order valence-corrected chi connectivity index (χ1v) is 5.58. The maximum absolute atomic E-state index is 12.3. The van der Waals surface area contributed by atoms with Gasteiger partial charge in [0.25, 0.3) is 5.78 Å². The summed E-state index contributed by atoms with van der Waals surface area (Å²) in [7, 11) is 1.39. The highest BCUT2D eigenvalue weighted by atomic mass is 35.5. The van der Waals surface area contributed by atoms with E-state index < -0.39 is 17.7 Å². The monoisotopic (exact) mass is 305 g/mol. The Hall–Kier alpha value is -2.09. The fourth-order valence-electron chi connectivity index (χ4n) is 1.43. The number of methoxy groups -OCH3 is 1. The molecule has 2 aromatic rings. The van der Waals surface area contributed by atoms with E-state index in [1.165, 1.54) is 25.3 Å². The quantitative estimate of drug-likeness (QED) is 0.818. The van der Waals surface area contributed by atoms with Gasteiger partial charge in [0.05, 0.1) is 24.0 Å². The Labute approximate surface area is 115 Å². The molecular weight excluding hydrogens is 299 g/mol. The number of aromatic nitrogens is 3. The third-order valence-electron chi connectivity index (χ3n) is 2.38. The van der Waals surface area contributed by atoms with Gasteiger partial charge in [-0.25, -0.2) is 4.68 Å². The molecular formula is C11H7ClF3N3O2. The van der Waals surface area contributed by atoms with Gasteiger partial charge in [-0.3, -0.25) is 4.79 Å². The van der Waals surface area contributed by atoms with Crippen molar-refractivity contribution in [3.63, 3.8) is 0 Å². The number of alkyl halides is 3. The Morgan fingerprint density at radius 2 is 2.10 bits per heavy atom. The Kier molecular flexibility index (Phi) is 3.67. The molecule has 0 spiro atoms. The summed E-state index contributed by atoms with van der Waals surface area (Å²) in [6.07, 6.45) is -4.10. The molecule has 1 heterocycles. The molecule has 106 valence electrons. The van der Waals surface area contributed by atoms with E-state index in [4.69, 9.17) is 16.3 Å². The summed E-state index contributed by atoms with van der Waals surface area (Å²) in [5, 5.41) is 7.02. The van der Waals surface area contributed by atoms with Crippen LogP contribution in [0.25, 0.3) is 5.69 Å². The van der Waals surface area contributed by atoms with Crippen molar-refractivity contribution in [3.05, 3.63) is 35.1 Å². The van der Waals surface area contributed by atoms with Gasteiger partial charge in [-0.15, -0.1) is 5.10 Å². The van der Waals surface area contributed by atoms with Gasteiger partial charge in [-0.05, 0) is 12.1 Å². The highest BCUT2D eigenvalue weighted by molar-refractivity contribution is 6.32. The fourth-order valence-corrected chi connectivity index (χ4v) is 1.62. The van der Waals surface area contributed by atoms with Crippen molar-refractivity contribution in [1.29, 1.82) is 0 Å². The molecule has 0 atom stereocenters. The Morgan fingerprint density at radius 1 is 1.40 bits per heavy atom. The zero-order chi connectivity index (χ0) is 14.9. The van der Waals surface area contributed by atoms with E-state index in [2.05, 4.69) is 10.3 Å². The van der Waals surface area contributed by atoms with Gasteiger partial charge in [0.15, 0.2) is 5.69 Å². The van der Waals surface area contributed by atoms with E-state index >= 15 is 0 Å². The minimum Gasteiger partial charge on any atom is -0.495 e. The molecule has 0 aliphatic carbocycles. The molecule has 0 aliphatic heterocycles. The second kappa shape index (κ2) is 5.12. The first-order valence-electron chi connectivity index (χ1n) is 5.20. The van der Waals surface area contributed by atoms with E-state index in [0.29, 0.717) is 16.5 Å². The number of ketones is 1. The van der Waals surface area contributed by atoms with E-state index in [0.717, 1.165) is 10.9 Å². The first kappa shape index (κ1) is 14.3. The van der Waals surface area contributed by atoms with Crippen molar-refractivity contribution in [2.75, 3.05) is 7.11 Å². The van der Waals surface area contributed by atoms with Crippen LogP contribution in [0.2, 0.25) is 5.02 Å². The average Bonchev–Trinajstić information content (AvgIpc) is 2.86. The van der Waals surface area contributed by atoms with Crippen molar-refractivity contribution in [2.24, 2.45) is 0 Å². The molecule has 0 radical (unpaired) electrons. The lowest BCUT2D eigenvalue weighted by molar-refractivity contribution is -0.0888. The summed E-state index contributed by atoms with van der Waals surface area (Å²) in [4.78, 5) is 11.0. The summed E-state index contributed by atoms with van der Waals surface area (Å²) >= 11 is 5.83. The van der Waals surface area contributed by atoms with Crippen LogP contribution < -0.4 is 4.74 Å². The predicted molar refractivity (Wildman–Crippen MR) is 63.3 cm³/mol. The van der Waals surface area contributed by atoms with Gasteiger partial charge < -0.3 is 4.74 Å². The minimum absolute atomic E-state index is 0.323. The Morgan fingerprint density at radius 3 is 2.70 bits per heavy atom. The van der Waals surface area contributed by atoms with E-state index in [9.17, 15) is 18.0 Å². The molecule has 20 heavy (non-hydrogen) atoms. The molecule has 5 nitrogen and oxygen atoms in total. The van der Waals surface area contributed by atoms with Crippen LogP contribution in [0.5, 0.6) is 5.75 Å². The summed E-state index contributed by atoms with van der Waals surface area (Å²) in [6, 6.07) is 4.45. The lowest BCUT2D eigenvalue weighted by atomic mass is 10.3. The van der Waals surface area contributed by atoms with Crippen LogP contribution in [-0.4, -0.2) is 34.1 Å². The maximum Gasteiger partial charge on any atom is 0.456 e. The molecule has 0 saturated carbocycles. The number of halogens is 4. The number of Topliss-reactive ketones (excluding diaryl/α,β-unsaturated/α-hetero) is 1. The van der Waals surface area contributed by atoms with Gasteiger partial charge in [0.2, 0.25) is 0 Å². The minimum atomic E-state index is -4.99. The van der Waals surface area contributed by atoms with Gasteiger partial charge >= 0.3 is 6.18 Å². The first-order chi connectivity index (χ1) is 9.32. The van der Waals surface area contributed by atoms with Crippen molar-refractivity contribution < 1.29 is 22.7 Å². The maximum atomic E-state index is 12.3. The van der Waals surface area contributed by atoms with E-state index in [1.54, 1.807) is 0 Å². The smallest absolute Gasteiger partial charge is 0.456 e. The third kappa shape index (κ3) is 2.74. The second-order valence-corrected chi connectivity index (χ2v) is 4.10. The van der Waals surface area contributed by atoms with Crippen LogP contribution in [0.4, 0.5) is 13.2 Å². The van der Waals surface area contributed by atoms with Crippen LogP contribution in [0.3, 0.4) is 0 Å². The van der Waals surface area contributed by atoms with Crippen LogP contribution in [-0.2, 0) is 0 Å². The van der Waals surface area contributed by atoms with Crippen molar-refractivity contribution in [2.45, 2.75) is 6.18 Å². The molecule has 0 fully saturated rings. The number of hydrogen-bond acceptors (Lipinski definition) is 4. The number of ether oxygens (including phenoxy) is 1. The largest absolute Gasteiger partial charge is 0.495 e. The number of rotatable bonds is 3. The lowest BCUT2D eigenvalue weighted by Gasteiger charge is -2.05. The zero-order valence-corrected chi connectivity index (χ0v) is 10.7. The van der Waals surface area contributed by atoms with Gasteiger partial charge in [-0.2, -0.15) is 13.2 Å². The highest BCUT2D eigenvalue weighted by Gasteiger charge is 2.41. The number of hydrogen-bond donors (Lipinski definition) is 0. The number of nitrogens with zero attached hydrogens (tertiary/aromatic N) is 3. The Bertz CT molecular complexity index is 655. The number of benzene rings is 1. The van der Waals surface area contributed by atoms with Crippen LogP contribution in [0, 0.1) is 0 Å². The zero-order valence-electron chi connectivity index (χ0n) is 9.98. The molecule has 0 aliphatic rings. The standard InChI is InChI=1S/C11H7ClF3N3O2/c1-20-9-4-6(2-3-7(9)12)18-5-8(16-17-18)10(19)11(13,14)15/h2-5H,1H3. The predicted octanol–water partition coefficient (Wildman–Crippen LogP) is 2.67. The second-order valence-electron chi connectivity index (χ2n) is 3.69. The van der Waals surface area contributed by atoms with Crippen molar-refractivity contribution >= 4 is 17.4 Å². The fraction of sp³-hybridized carbons (Fsp3) is 0.182. The molecule has 0 amide bonds. The summed E-state index contributed by atoms with van der Waals surface area (Å²) in [5.41, 5.74) is -0.425. The van der Waals surface area contributed by atoms with E-state index in [1.807, 2.05) is 0 Å². The lowest BCUT2D eigenvalue weighted by Crippen LogP contribution is -2.23. The van der Waals surface area contributed by atoms with Gasteiger partial charge in [-0.1, -0.05) is 16.8 Å². The molecule has 1 aromatic carbocycles. The normalized spacial score (nSPS) is 11.4. The highest BCUT2D eigenvalue weighted by Crippen LogP contribution is 2.27. The summed E-state index contributed by atoms with van der Waals surface area (Å²) in [5.74, 6) is -1.73. The van der Waals surface area contributed by atoms with E-state index in [-0.39, 0.29) is 0 Å². The molecule has 2 rings (SSSR count). The summed E-state index contributed by atoms with van der Waals surface area (Å²) < 4.78 is 42.8. The Balaban J connectivity index is 2.36. The van der Waals surface area contributed by atoms with Gasteiger partial charge in [0.1, 0.15) is 5.75 Å². The third-order valence-corrected chi connectivity index (χ3v) is 2.69. The molecule has 9 heteroatoms. The molecule has 0 unspecified atom stereocenters. The van der Waals surface area contributed by atoms with Crippen LogP contribution in [0.1, 0.15) is 10.5 Å². The topological polar surface area (TPSA) is 57.0 Å². The summed E-state index contributed by atoms with van der Waals surface area (Å²) in [6.45, 7) is 0. The van der Waals surface area contributed by atoms with Crippen LogP contribution >= 0.6 is 11.6 Å². The molecule has 0 saturated heterocycles. The molecule has 0 N–H and O–H groups in total. The number of carbonyl (C=O) groups excluding carboxylic acids is 1. The SMILES string of the molecule is COc1cc(-n2cc(C(=O)C(F)(F)F)nn2)ccc1Cl. The van der Waals surface area contributed by atoms with Crippen LogP contribution in [0.15, 0.2) is 24.4 Å². The molecule has 1 aromatic heterocycles.